The van der Waals surface area contributed by atoms with E-state index in [0.717, 1.165) is 0 Å². The molecule has 0 spiro atoms. The summed E-state index contributed by atoms with van der Waals surface area (Å²) in [5, 5.41) is 0. The first kappa shape index (κ1) is 58.8. The highest BCUT2D eigenvalue weighted by molar-refractivity contribution is 4.88. The van der Waals surface area contributed by atoms with Gasteiger partial charge in [-0.25, -0.2) is 0 Å². The molecule has 14 saturated carbocycles. The highest BCUT2D eigenvalue weighted by atomic mass is 14.1. The second-order valence-corrected chi connectivity index (χ2v) is 21.2. The van der Waals surface area contributed by atoms with Crippen LogP contribution in [0.25, 0.3) is 0 Å². The standard InChI is InChI=1S/C5H8.14C4H8/c1-2-4-5-3-1;14*1-2-4-3-1/h1-2H,3-5H2;14*1-4H2. The molecule has 0 aromatic carbocycles. The summed E-state index contributed by atoms with van der Waals surface area (Å²) in [5.41, 5.74) is 0. The third-order valence-electron chi connectivity index (χ3n) is 14.9. The van der Waals surface area contributed by atoms with Gasteiger partial charge in [-0.1, -0.05) is 372 Å². The van der Waals surface area contributed by atoms with Gasteiger partial charge in [-0.15, -0.1) is 0 Å². The van der Waals surface area contributed by atoms with Gasteiger partial charge in [0.15, 0.2) is 0 Å². The Morgan fingerprint density at radius 1 is 0.0820 bits per heavy atom. The van der Waals surface area contributed by atoms with Gasteiger partial charge in [0.1, 0.15) is 0 Å². The molecule has 15 aliphatic rings. The zero-order valence-corrected chi connectivity index (χ0v) is 42.9. The first-order valence-corrected chi connectivity index (χ1v) is 30.1. The predicted octanol–water partition coefficient (Wildman–Crippen LogP) is 23.6. The summed E-state index contributed by atoms with van der Waals surface area (Å²) in [6.07, 6.45) is 92.5. The van der Waals surface area contributed by atoms with E-state index in [1.807, 2.05) is 0 Å². The molecular weight excluding hydrogens is 733 g/mol. The van der Waals surface area contributed by atoms with Crippen molar-refractivity contribution < 1.29 is 0 Å². The van der Waals surface area contributed by atoms with Crippen LogP contribution < -0.4 is 0 Å². The van der Waals surface area contributed by atoms with Crippen LogP contribution in [-0.4, -0.2) is 0 Å². The molecule has 0 aromatic rings. The lowest BCUT2D eigenvalue weighted by Gasteiger charge is -2.05. The van der Waals surface area contributed by atoms with E-state index in [4.69, 9.17) is 0 Å². The molecule has 0 bridgehead atoms. The molecule has 0 heterocycles. The molecule has 0 unspecified atom stereocenters. The first-order chi connectivity index (χ1) is 30.5. The Morgan fingerprint density at radius 3 is 0.164 bits per heavy atom. The van der Waals surface area contributed by atoms with Gasteiger partial charge in [0.25, 0.3) is 0 Å². The topological polar surface area (TPSA) is 0 Å². The van der Waals surface area contributed by atoms with Crippen molar-refractivity contribution in [3.8, 4) is 0 Å². The fourth-order valence-electron chi connectivity index (χ4n) is 4.09. The minimum absolute atomic E-state index is 1.32. The molecule has 14 fully saturated rings. The molecule has 0 heteroatoms. The van der Waals surface area contributed by atoms with Crippen molar-refractivity contribution in [1.82, 2.24) is 0 Å². The van der Waals surface area contributed by atoms with Crippen LogP contribution >= 0.6 is 0 Å². The van der Waals surface area contributed by atoms with Crippen molar-refractivity contribution in [2.24, 2.45) is 0 Å². The number of hydrogen-bond donors (Lipinski definition) is 0. The van der Waals surface area contributed by atoms with E-state index in [2.05, 4.69) is 12.2 Å². The Kier molecular flexibility index (Phi) is 53.8. The Hall–Kier alpha value is -0.260. The number of rotatable bonds is 0. The first-order valence-electron chi connectivity index (χ1n) is 30.1. The SMILES string of the molecule is C1=CCCC1.C1CCC1.C1CCC1.C1CCC1.C1CCC1.C1CCC1.C1CCC1.C1CCC1.C1CCC1.C1CCC1.C1CCC1.C1CCC1.C1CCC1.C1CCC1.C1CCC1. The van der Waals surface area contributed by atoms with Gasteiger partial charge in [-0.3, -0.25) is 0 Å². The van der Waals surface area contributed by atoms with Gasteiger partial charge in [0.05, 0.1) is 0 Å². The summed E-state index contributed by atoms with van der Waals surface area (Å²) < 4.78 is 0. The Morgan fingerprint density at radius 2 is 0.148 bits per heavy atom. The maximum Gasteiger partial charge on any atom is -0.0348 e. The summed E-state index contributed by atoms with van der Waals surface area (Å²) in [4.78, 5) is 0. The van der Waals surface area contributed by atoms with Crippen molar-refractivity contribution in [3.63, 3.8) is 0 Å². The molecule has 0 nitrogen and oxygen atoms in total. The van der Waals surface area contributed by atoms with Crippen molar-refractivity contribution in [2.45, 2.75) is 379 Å². The van der Waals surface area contributed by atoms with Crippen molar-refractivity contribution >= 4 is 0 Å². The highest BCUT2D eigenvalue weighted by Crippen LogP contribution is 2.20. The zero-order chi connectivity index (χ0) is 43.1. The van der Waals surface area contributed by atoms with Crippen molar-refractivity contribution in [3.05, 3.63) is 12.2 Å². The second kappa shape index (κ2) is 55.9. The van der Waals surface area contributed by atoms with Crippen LogP contribution in [0.1, 0.15) is 379 Å². The molecule has 15 rings (SSSR count). The average molecular weight is 854 g/mol. The zero-order valence-electron chi connectivity index (χ0n) is 42.9. The van der Waals surface area contributed by atoms with Crippen LogP contribution in [-0.2, 0) is 0 Å². The maximum atomic E-state index is 2.24. The largest absolute Gasteiger partial charge is 0.0885 e. The molecule has 0 atom stereocenters. The molecule has 0 saturated heterocycles. The summed E-state index contributed by atoms with van der Waals surface area (Å²) in [6.45, 7) is 0. The fourth-order valence-corrected chi connectivity index (χ4v) is 4.09. The molecule has 15 aliphatic carbocycles. The van der Waals surface area contributed by atoms with Gasteiger partial charge in [-0.05, 0) is 19.3 Å². The molecule has 0 aliphatic heterocycles. The molecule has 61 heavy (non-hydrogen) atoms. The number of hydrogen-bond acceptors (Lipinski definition) is 0. The summed E-state index contributed by atoms with van der Waals surface area (Å²) >= 11 is 0. The highest BCUT2D eigenvalue weighted by Gasteiger charge is 2.00. The molecular formula is C61H120. The summed E-state index contributed by atoms with van der Waals surface area (Å²) in [6, 6.07) is 0. The smallest absolute Gasteiger partial charge is 0.0348 e. The lowest BCUT2D eigenvalue weighted by Crippen LogP contribution is -1.85. The van der Waals surface area contributed by atoms with E-state index in [0.29, 0.717) is 0 Å². The quantitative estimate of drug-likeness (QED) is 0.213. The van der Waals surface area contributed by atoms with Gasteiger partial charge < -0.3 is 0 Å². The van der Waals surface area contributed by atoms with Crippen molar-refractivity contribution in [2.75, 3.05) is 0 Å². The van der Waals surface area contributed by atoms with E-state index in [1.54, 1.807) is 0 Å². The molecule has 0 N–H and O–H groups in total. The summed E-state index contributed by atoms with van der Waals surface area (Å²) in [7, 11) is 0. The normalized spacial score (nSPS) is 23.7. The number of allylic oxidation sites excluding steroid dienone is 2. The van der Waals surface area contributed by atoms with E-state index in [1.165, 1.54) is 379 Å². The van der Waals surface area contributed by atoms with Crippen LogP contribution in [0.5, 0.6) is 0 Å². The van der Waals surface area contributed by atoms with Gasteiger partial charge in [0.2, 0.25) is 0 Å². The van der Waals surface area contributed by atoms with Gasteiger partial charge >= 0.3 is 0 Å². The van der Waals surface area contributed by atoms with E-state index in [-0.39, 0.29) is 0 Å². The van der Waals surface area contributed by atoms with Crippen molar-refractivity contribution in [1.29, 1.82) is 0 Å². The van der Waals surface area contributed by atoms with Crippen LogP contribution in [0.3, 0.4) is 0 Å². The fraction of sp³-hybridized carbons (Fsp3) is 0.967. The summed E-state index contributed by atoms with van der Waals surface area (Å²) in [5.74, 6) is 0. The van der Waals surface area contributed by atoms with Crippen LogP contribution in [0, 0.1) is 0 Å². The minimum atomic E-state index is 1.32. The van der Waals surface area contributed by atoms with Crippen LogP contribution in [0.2, 0.25) is 0 Å². The Balaban J connectivity index is 0.000000327. The molecule has 364 valence electrons. The average Bonchev–Trinajstić information content (AvgIpc) is 3.33. The predicted molar refractivity (Wildman–Crippen MR) is 282 cm³/mol. The van der Waals surface area contributed by atoms with E-state index < -0.39 is 0 Å². The Bertz CT molecular complexity index is 433. The van der Waals surface area contributed by atoms with Crippen LogP contribution in [0.4, 0.5) is 0 Å². The van der Waals surface area contributed by atoms with Crippen LogP contribution in [0.15, 0.2) is 12.2 Å². The van der Waals surface area contributed by atoms with Gasteiger partial charge in [-0.2, -0.15) is 0 Å². The van der Waals surface area contributed by atoms with Gasteiger partial charge in [0, 0.05) is 0 Å². The van der Waals surface area contributed by atoms with E-state index in [9.17, 15) is 0 Å². The Labute approximate surface area is 389 Å². The maximum absolute atomic E-state index is 2.24. The molecule has 0 aromatic heterocycles. The molecule has 0 amide bonds. The molecule has 0 radical (unpaired) electrons. The third kappa shape index (κ3) is 54.0. The second-order valence-electron chi connectivity index (χ2n) is 21.2. The van der Waals surface area contributed by atoms with E-state index >= 15 is 0 Å². The monoisotopic (exact) mass is 853 g/mol. The lowest BCUT2D eigenvalue weighted by molar-refractivity contribution is 0.504. The lowest BCUT2D eigenvalue weighted by atomic mass is 10.0. The third-order valence-corrected chi connectivity index (χ3v) is 14.9. The minimum Gasteiger partial charge on any atom is -0.0885 e.